The van der Waals surface area contributed by atoms with Crippen LogP contribution in [0, 0.1) is 0 Å². The van der Waals surface area contributed by atoms with Crippen molar-refractivity contribution in [2.75, 3.05) is 19.8 Å². The van der Waals surface area contributed by atoms with Gasteiger partial charge in [0.25, 0.3) is 0 Å². The van der Waals surface area contributed by atoms with E-state index in [1.165, 1.54) is 0 Å². The van der Waals surface area contributed by atoms with Crippen LogP contribution in [0.2, 0.25) is 10.0 Å². The molecule has 0 heterocycles. The van der Waals surface area contributed by atoms with Crippen molar-refractivity contribution in [1.82, 2.24) is 0 Å². The highest BCUT2D eigenvalue weighted by Crippen LogP contribution is 2.37. The van der Waals surface area contributed by atoms with E-state index in [9.17, 15) is 4.79 Å². The predicted molar refractivity (Wildman–Crippen MR) is 110 cm³/mol. The molecule has 0 amide bonds. The second-order valence-corrected chi connectivity index (χ2v) is 8.46. The zero-order chi connectivity index (χ0) is 18.9. The molecule has 2 aromatic carbocycles. The van der Waals surface area contributed by atoms with Gasteiger partial charge in [-0.05, 0) is 50.1 Å². The summed E-state index contributed by atoms with van der Waals surface area (Å²) in [5.41, 5.74) is 0.481. The number of hydrogen-bond acceptors (Lipinski definition) is 4. The Morgan fingerprint density at radius 3 is 2.27 bits per heavy atom. The first kappa shape index (κ1) is 21.1. The lowest BCUT2D eigenvalue weighted by Crippen LogP contribution is -2.12. The topological polar surface area (TPSA) is 44.8 Å². The number of halogens is 4. The molecule has 0 fully saturated rings. The highest BCUT2D eigenvalue weighted by molar-refractivity contribution is 9.28. The van der Waals surface area contributed by atoms with Crippen LogP contribution in [0.4, 0.5) is 0 Å². The molecule has 0 N–H and O–H groups in total. The Morgan fingerprint density at radius 2 is 1.65 bits per heavy atom. The van der Waals surface area contributed by atoms with Gasteiger partial charge in [-0.2, -0.15) is 0 Å². The van der Waals surface area contributed by atoms with E-state index in [0.29, 0.717) is 33.7 Å². The number of carbonyl (C=O) groups is 1. The number of rotatable bonds is 8. The lowest BCUT2D eigenvalue weighted by Gasteiger charge is -2.12. The number of ether oxygens (including phenoxy) is 3. The van der Waals surface area contributed by atoms with Gasteiger partial charge in [-0.1, -0.05) is 41.4 Å². The fraction of sp³-hybridized carbons (Fsp3) is 0.167. The highest BCUT2D eigenvalue weighted by Gasteiger charge is 2.11. The Labute approximate surface area is 178 Å². The molecule has 0 unspecified atom stereocenters. The van der Waals surface area contributed by atoms with Crippen molar-refractivity contribution in [3.8, 4) is 11.5 Å². The molecule has 138 valence electrons. The van der Waals surface area contributed by atoms with Gasteiger partial charge >= 0.3 is 5.97 Å². The highest BCUT2D eigenvalue weighted by atomic mass is 79.9. The molecule has 0 spiro atoms. The summed E-state index contributed by atoms with van der Waals surface area (Å²) in [4.78, 5) is 11.8. The third-order valence-electron chi connectivity index (χ3n) is 3.03. The molecular formula is C18H14Br2Cl2O4. The lowest BCUT2D eigenvalue weighted by atomic mass is 10.2. The second kappa shape index (κ2) is 10.8. The van der Waals surface area contributed by atoms with E-state index in [1.807, 2.05) is 6.07 Å². The summed E-state index contributed by atoms with van der Waals surface area (Å²) >= 11 is 18.8. The van der Waals surface area contributed by atoms with E-state index in [-0.39, 0.29) is 13.2 Å². The molecule has 4 nitrogen and oxygen atoms in total. The third kappa shape index (κ3) is 6.83. The van der Waals surface area contributed by atoms with Crippen LogP contribution in [0.1, 0.15) is 10.4 Å². The van der Waals surface area contributed by atoms with Crippen molar-refractivity contribution in [3.05, 3.63) is 67.5 Å². The minimum atomic E-state index is -0.416. The third-order valence-corrected chi connectivity index (χ3v) is 4.24. The van der Waals surface area contributed by atoms with Gasteiger partial charge in [0.05, 0.1) is 19.0 Å². The first-order valence-electron chi connectivity index (χ1n) is 7.45. The molecule has 0 radical (unpaired) electrons. The molecule has 26 heavy (non-hydrogen) atoms. The Morgan fingerprint density at radius 1 is 1.00 bits per heavy atom. The largest absolute Gasteiger partial charge is 0.489 e. The number of hydrogen-bond donors (Lipinski definition) is 0. The van der Waals surface area contributed by atoms with E-state index in [4.69, 9.17) is 37.4 Å². The van der Waals surface area contributed by atoms with E-state index in [0.717, 1.165) is 3.39 Å². The van der Waals surface area contributed by atoms with E-state index >= 15 is 0 Å². The van der Waals surface area contributed by atoms with Crippen molar-refractivity contribution >= 4 is 61.0 Å². The maximum atomic E-state index is 11.8. The van der Waals surface area contributed by atoms with E-state index < -0.39 is 5.97 Å². The average Bonchev–Trinajstić information content (AvgIpc) is 2.60. The van der Waals surface area contributed by atoms with Crippen molar-refractivity contribution in [3.63, 3.8) is 0 Å². The molecule has 0 bridgehead atoms. The second-order valence-electron chi connectivity index (χ2n) is 4.87. The molecule has 2 rings (SSSR count). The first-order chi connectivity index (χ1) is 12.5. The number of benzene rings is 2. The fourth-order valence-electron chi connectivity index (χ4n) is 1.89. The van der Waals surface area contributed by atoms with Crippen LogP contribution in [0.5, 0.6) is 11.5 Å². The molecule has 0 atom stereocenters. The van der Waals surface area contributed by atoms with Crippen molar-refractivity contribution in [1.29, 1.82) is 0 Å². The fourth-order valence-corrected chi connectivity index (χ4v) is 2.73. The monoisotopic (exact) mass is 522 g/mol. The Kier molecular flexibility index (Phi) is 8.78. The molecule has 0 aliphatic rings. The molecule has 0 aliphatic heterocycles. The first-order valence-corrected chi connectivity index (χ1v) is 9.79. The predicted octanol–water partition coefficient (Wildman–Crippen LogP) is 6.24. The van der Waals surface area contributed by atoms with Crippen molar-refractivity contribution in [2.24, 2.45) is 0 Å². The molecule has 0 saturated carbocycles. The van der Waals surface area contributed by atoms with Gasteiger partial charge < -0.3 is 14.2 Å². The summed E-state index contributed by atoms with van der Waals surface area (Å²) in [7, 11) is 0. The van der Waals surface area contributed by atoms with Crippen LogP contribution < -0.4 is 9.47 Å². The van der Waals surface area contributed by atoms with Crippen molar-refractivity contribution < 1.29 is 19.0 Å². The van der Waals surface area contributed by atoms with Crippen LogP contribution in [0.25, 0.3) is 0 Å². The van der Waals surface area contributed by atoms with Crippen LogP contribution in [0.15, 0.2) is 51.9 Å². The minimum Gasteiger partial charge on any atom is -0.489 e. The van der Waals surface area contributed by atoms with Gasteiger partial charge in [-0.3, -0.25) is 0 Å². The maximum absolute atomic E-state index is 11.8. The average molecular weight is 525 g/mol. The maximum Gasteiger partial charge on any atom is 0.338 e. The minimum absolute atomic E-state index is 0.0721. The molecule has 0 aliphatic carbocycles. The van der Waals surface area contributed by atoms with Crippen molar-refractivity contribution in [2.45, 2.75) is 0 Å². The van der Waals surface area contributed by atoms with Gasteiger partial charge in [0, 0.05) is 12.1 Å². The summed E-state index contributed by atoms with van der Waals surface area (Å²) in [6.45, 7) is 0.536. The van der Waals surface area contributed by atoms with Crippen LogP contribution in [-0.4, -0.2) is 25.8 Å². The quantitative estimate of drug-likeness (QED) is 0.303. The van der Waals surface area contributed by atoms with Gasteiger partial charge in [-0.15, -0.1) is 0 Å². The SMILES string of the molecule is O=C(OCCOc1c(Cl)cc(OCC=C(Br)Br)cc1Cl)c1ccccc1. The van der Waals surface area contributed by atoms with Gasteiger partial charge in [-0.25, -0.2) is 4.79 Å². The van der Waals surface area contributed by atoms with E-state index in [2.05, 4.69) is 31.9 Å². The standard InChI is InChI=1S/C18H14Br2Cl2O4/c19-16(20)6-7-24-13-10-14(21)17(15(22)11-13)25-8-9-26-18(23)12-4-2-1-3-5-12/h1-6,10-11H,7-9H2. The number of esters is 1. The smallest absolute Gasteiger partial charge is 0.338 e. The van der Waals surface area contributed by atoms with Gasteiger partial charge in [0.1, 0.15) is 25.6 Å². The summed E-state index contributed by atoms with van der Waals surface area (Å²) in [6.07, 6.45) is 1.79. The zero-order valence-electron chi connectivity index (χ0n) is 13.4. The van der Waals surface area contributed by atoms with Crippen LogP contribution in [-0.2, 0) is 4.74 Å². The molecule has 0 aromatic heterocycles. The lowest BCUT2D eigenvalue weighted by molar-refractivity contribution is 0.0450. The molecule has 2 aromatic rings. The van der Waals surface area contributed by atoms with Gasteiger partial charge in [0.15, 0.2) is 5.75 Å². The zero-order valence-corrected chi connectivity index (χ0v) is 18.1. The summed E-state index contributed by atoms with van der Waals surface area (Å²) in [5.74, 6) is 0.412. The summed E-state index contributed by atoms with van der Waals surface area (Å²) in [5, 5.41) is 0.618. The Hall–Kier alpha value is -1.21. The summed E-state index contributed by atoms with van der Waals surface area (Å²) < 4.78 is 17.0. The molecular weight excluding hydrogens is 511 g/mol. The van der Waals surface area contributed by atoms with Gasteiger partial charge in [0.2, 0.25) is 0 Å². The normalized spacial score (nSPS) is 10.2. The number of carbonyl (C=O) groups excluding carboxylic acids is 1. The Bertz CT molecular complexity index is 755. The van der Waals surface area contributed by atoms with Crippen LogP contribution in [0.3, 0.4) is 0 Å². The summed E-state index contributed by atoms with van der Waals surface area (Å²) in [6, 6.07) is 11.9. The van der Waals surface area contributed by atoms with E-state index in [1.54, 1.807) is 42.5 Å². The molecule has 0 saturated heterocycles. The van der Waals surface area contributed by atoms with Crippen LogP contribution >= 0.6 is 55.1 Å². The molecule has 8 heteroatoms. The Balaban J connectivity index is 1.85.